The molecule has 0 amide bonds. The normalized spacial score (nSPS) is 25.8. The van der Waals surface area contributed by atoms with Crippen molar-refractivity contribution in [1.82, 2.24) is 5.32 Å². The van der Waals surface area contributed by atoms with E-state index in [9.17, 15) is 10.2 Å². The minimum atomic E-state index is -0.584. The first-order valence-electron chi connectivity index (χ1n) is 7.70. The molecular weight excluding hydrogens is 270 g/mol. The molecule has 0 aromatic heterocycles. The van der Waals surface area contributed by atoms with Gasteiger partial charge in [0, 0.05) is 13.1 Å². The zero-order chi connectivity index (χ0) is 14.7. The molecule has 0 spiro atoms. The lowest BCUT2D eigenvalue weighted by molar-refractivity contribution is 0.124. The highest BCUT2D eigenvalue weighted by atomic mass is 16.6. The first-order valence-corrected chi connectivity index (χ1v) is 7.70. The summed E-state index contributed by atoms with van der Waals surface area (Å²) in [5.74, 6) is 1.75. The molecule has 0 saturated heterocycles. The van der Waals surface area contributed by atoms with Crippen molar-refractivity contribution in [2.24, 2.45) is 5.92 Å². The summed E-state index contributed by atoms with van der Waals surface area (Å²) in [6, 6.07) is 5.54. The van der Waals surface area contributed by atoms with Crippen molar-refractivity contribution >= 4 is 0 Å². The largest absolute Gasteiger partial charge is 0.486 e. The van der Waals surface area contributed by atoms with Gasteiger partial charge in [-0.1, -0.05) is 12.5 Å². The number of aliphatic hydroxyl groups is 2. The van der Waals surface area contributed by atoms with E-state index < -0.39 is 6.10 Å². The van der Waals surface area contributed by atoms with Crippen LogP contribution in [0, 0.1) is 5.92 Å². The van der Waals surface area contributed by atoms with E-state index in [-0.39, 0.29) is 6.10 Å². The van der Waals surface area contributed by atoms with Crippen LogP contribution >= 0.6 is 0 Å². The third kappa shape index (κ3) is 3.48. The Balaban J connectivity index is 1.52. The Kier molecular flexibility index (Phi) is 4.63. The van der Waals surface area contributed by atoms with Gasteiger partial charge in [-0.15, -0.1) is 0 Å². The maximum Gasteiger partial charge on any atom is 0.161 e. The van der Waals surface area contributed by atoms with E-state index in [1.54, 1.807) is 0 Å². The summed E-state index contributed by atoms with van der Waals surface area (Å²) >= 11 is 0. The van der Waals surface area contributed by atoms with Gasteiger partial charge in [0.05, 0.1) is 12.2 Å². The Morgan fingerprint density at radius 2 is 2.00 bits per heavy atom. The second kappa shape index (κ2) is 6.64. The first kappa shape index (κ1) is 14.6. The highest BCUT2D eigenvalue weighted by molar-refractivity contribution is 5.44. The van der Waals surface area contributed by atoms with E-state index in [4.69, 9.17) is 9.47 Å². The number of hydrogen-bond donors (Lipinski definition) is 3. The van der Waals surface area contributed by atoms with Gasteiger partial charge in [-0.25, -0.2) is 0 Å². The number of aliphatic hydroxyl groups excluding tert-OH is 2. The number of nitrogens with one attached hydrogen (secondary N) is 1. The van der Waals surface area contributed by atoms with Gasteiger partial charge in [0.1, 0.15) is 13.2 Å². The van der Waals surface area contributed by atoms with Crippen molar-refractivity contribution in [3.8, 4) is 11.5 Å². The van der Waals surface area contributed by atoms with Crippen molar-refractivity contribution < 1.29 is 19.7 Å². The quantitative estimate of drug-likeness (QED) is 0.762. The summed E-state index contributed by atoms with van der Waals surface area (Å²) in [5, 5.41) is 23.3. The van der Waals surface area contributed by atoms with Crippen LogP contribution in [-0.2, 0) is 0 Å². The Bertz CT molecular complexity index is 479. The molecule has 1 heterocycles. The predicted octanol–water partition coefficient (Wildman–Crippen LogP) is 1.24. The molecule has 1 saturated carbocycles. The van der Waals surface area contributed by atoms with Gasteiger partial charge in [0.2, 0.25) is 0 Å². The van der Waals surface area contributed by atoms with Gasteiger partial charge in [-0.3, -0.25) is 0 Å². The van der Waals surface area contributed by atoms with Crippen LogP contribution in [-0.4, -0.2) is 42.6 Å². The van der Waals surface area contributed by atoms with Gasteiger partial charge in [0.25, 0.3) is 0 Å². The molecule has 5 nitrogen and oxygen atoms in total. The lowest BCUT2D eigenvalue weighted by atomic mass is 10.1. The van der Waals surface area contributed by atoms with Crippen LogP contribution in [0.4, 0.5) is 0 Å². The topological polar surface area (TPSA) is 71.0 Å². The van der Waals surface area contributed by atoms with Crippen LogP contribution in [0.25, 0.3) is 0 Å². The van der Waals surface area contributed by atoms with Crippen molar-refractivity contribution in [1.29, 1.82) is 0 Å². The minimum absolute atomic E-state index is 0.191. The molecule has 1 aromatic carbocycles. The van der Waals surface area contributed by atoms with E-state index in [2.05, 4.69) is 5.32 Å². The maximum absolute atomic E-state index is 10.2. The zero-order valence-corrected chi connectivity index (χ0v) is 12.1. The second-order valence-electron chi connectivity index (χ2n) is 5.84. The van der Waals surface area contributed by atoms with Gasteiger partial charge < -0.3 is 25.0 Å². The fourth-order valence-corrected chi connectivity index (χ4v) is 3.05. The number of hydrogen-bond acceptors (Lipinski definition) is 5. The van der Waals surface area contributed by atoms with Crippen LogP contribution in [0.15, 0.2) is 18.2 Å². The fourth-order valence-electron chi connectivity index (χ4n) is 3.05. The first-order chi connectivity index (χ1) is 10.2. The molecule has 116 valence electrons. The Morgan fingerprint density at radius 3 is 2.76 bits per heavy atom. The number of rotatable bonds is 5. The highest BCUT2D eigenvalue weighted by Crippen LogP contribution is 2.32. The number of ether oxygens (including phenoxy) is 2. The molecule has 1 aliphatic carbocycles. The van der Waals surface area contributed by atoms with Crippen LogP contribution in [0.1, 0.15) is 30.9 Å². The molecule has 3 N–H and O–H groups in total. The van der Waals surface area contributed by atoms with Gasteiger partial charge in [-0.05, 0) is 36.5 Å². The van der Waals surface area contributed by atoms with Gasteiger partial charge >= 0.3 is 0 Å². The number of benzene rings is 1. The van der Waals surface area contributed by atoms with Crippen LogP contribution in [0.3, 0.4) is 0 Å². The highest BCUT2D eigenvalue weighted by Gasteiger charge is 2.24. The molecule has 3 rings (SSSR count). The van der Waals surface area contributed by atoms with E-state index in [0.717, 1.165) is 37.1 Å². The molecule has 3 unspecified atom stereocenters. The average Bonchev–Trinajstić information content (AvgIpc) is 2.92. The minimum Gasteiger partial charge on any atom is -0.486 e. The second-order valence-corrected chi connectivity index (χ2v) is 5.84. The standard InChI is InChI=1S/C16H23NO4/c18-13-3-1-2-12(13)9-17-10-14(19)11-4-5-15-16(8-11)21-7-6-20-15/h4-5,8,12-14,17-19H,1-3,6-7,9-10H2. The zero-order valence-electron chi connectivity index (χ0n) is 12.1. The lowest BCUT2D eigenvalue weighted by Crippen LogP contribution is -2.30. The van der Waals surface area contributed by atoms with Gasteiger partial charge in [0.15, 0.2) is 11.5 Å². The Hall–Kier alpha value is -1.30. The molecular formula is C16H23NO4. The average molecular weight is 293 g/mol. The molecule has 1 aliphatic heterocycles. The predicted molar refractivity (Wildman–Crippen MR) is 78.6 cm³/mol. The maximum atomic E-state index is 10.2. The smallest absolute Gasteiger partial charge is 0.161 e. The summed E-state index contributed by atoms with van der Waals surface area (Å²) in [6.45, 7) is 2.34. The Labute approximate surface area is 124 Å². The third-order valence-corrected chi connectivity index (χ3v) is 4.31. The van der Waals surface area contributed by atoms with Crippen molar-refractivity contribution in [2.75, 3.05) is 26.3 Å². The fraction of sp³-hybridized carbons (Fsp3) is 0.625. The van der Waals surface area contributed by atoms with E-state index in [1.807, 2.05) is 18.2 Å². The monoisotopic (exact) mass is 293 g/mol. The van der Waals surface area contributed by atoms with Crippen LogP contribution in [0.2, 0.25) is 0 Å². The molecule has 2 aliphatic rings. The van der Waals surface area contributed by atoms with E-state index in [0.29, 0.717) is 31.4 Å². The molecule has 0 radical (unpaired) electrons. The molecule has 0 bridgehead atoms. The summed E-state index contributed by atoms with van der Waals surface area (Å²) in [4.78, 5) is 0. The molecule has 1 fully saturated rings. The molecule has 3 atom stereocenters. The van der Waals surface area contributed by atoms with Crippen molar-refractivity contribution in [2.45, 2.75) is 31.5 Å². The van der Waals surface area contributed by atoms with Gasteiger partial charge in [-0.2, -0.15) is 0 Å². The summed E-state index contributed by atoms with van der Waals surface area (Å²) in [5.41, 5.74) is 0.818. The summed E-state index contributed by atoms with van der Waals surface area (Å²) in [6.07, 6.45) is 2.28. The SMILES string of the molecule is OC(CNCC1CCCC1O)c1ccc2c(c1)OCCO2. The van der Waals surface area contributed by atoms with E-state index in [1.165, 1.54) is 0 Å². The molecule has 5 heteroatoms. The van der Waals surface area contributed by atoms with E-state index >= 15 is 0 Å². The van der Waals surface area contributed by atoms with Crippen molar-refractivity contribution in [3.63, 3.8) is 0 Å². The van der Waals surface area contributed by atoms with Crippen LogP contribution in [0.5, 0.6) is 11.5 Å². The van der Waals surface area contributed by atoms with Crippen LogP contribution < -0.4 is 14.8 Å². The summed E-state index contributed by atoms with van der Waals surface area (Å²) < 4.78 is 11.0. The molecule has 1 aromatic rings. The Morgan fingerprint density at radius 1 is 1.19 bits per heavy atom. The van der Waals surface area contributed by atoms with Crippen molar-refractivity contribution in [3.05, 3.63) is 23.8 Å². The summed E-state index contributed by atoms with van der Waals surface area (Å²) in [7, 11) is 0. The number of fused-ring (bicyclic) bond motifs is 1. The molecule has 21 heavy (non-hydrogen) atoms. The third-order valence-electron chi connectivity index (χ3n) is 4.31. The lowest BCUT2D eigenvalue weighted by Gasteiger charge is -2.21.